The molecule has 0 N–H and O–H groups in total. The van der Waals surface area contributed by atoms with Gasteiger partial charge in [-0.1, -0.05) is 12.1 Å². The molecule has 0 aliphatic carbocycles. The third-order valence-corrected chi connectivity index (χ3v) is 3.08. The number of para-hydroxylation sites is 1. The molecule has 2 nitrogen and oxygen atoms in total. The number of ether oxygens (including phenoxy) is 1. The Morgan fingerprint density at radius 1 is 1.11 bits per heavy atom. The highest BCUT2D eigenvalue weighted by molar-refractivity contribution is 6.12. The Morgan fingerprint density at radius 2 is 1.68 bits per heavy atom. The predicted octanol–water partition coefficient (Wildman–Crippen LogP) is 3.68. The number of carbonyl (C=O) groups is 1. The highest BCUT2D eigenvalue weighted by Crippen LogP contribution is 2.25. The van der Waals surface area contributed by atoms with E-state index in [1.54, 1.807) is 38.1 Å². The molecule has 0 saturated heterocycles. The quantitative estimate of drug-likeness (QED) is 0.785. The summed E-state index contributed by atoms with van der Waals surface area (Å²) in [4.78, 5) is 12.6. The number of hydrogen-bond donors (Lipinski definition) is 0. The maximum atomic E-state index is 13.3. The van der Waals surface area contributed by atoms with E-state index in [9.17, 15) is 9.18 Å². The highest BCUT2D eigenvalue weighted by Gasteiger charge is 2.18. The van der Waals surface area contributed by atoms with Gasteiger partial charge in [0.2, 0.25) is 0 Å². The molecule has 19 heavy (non-hydrogen) atoms. The van der Waals surface area contributed by atoms with Crippen LogP contribution in [0.3, 0.4) is 0 Å². The van der Waals surface area contributed by atoms with Crippen molar-refractivity contribution in [3.63, 3.8) is 0 Å². The van der Waals surface area contributed by atoms with Crippen LogP contribution in [0.5, 0.6) is 5.75 Å². The van der Waals surface area contributed by atoms with Crippen molar-refractivity contribution >= 4 is 5.78 Å². The van der Waals surface area contributed by atoms with Crippen molar-refractivity contribution in [2.45, 2.75) is 13.8 Å². The topological polar surface area (TPSA) is 26.3 Å². The van der Waals surface area contributed by atoms with Crippen LogP contribution in [0.4, 0.5) is 4.39 Å². The number of carbonyl (C=O) groups excluding carboxylic acids is 1. The average Bonchev–Trinajstić information content (AvgIpc) is 2.37. The number of ketones is 1. The van der Waals surface area contributed by atoms with Crippen molar-refractivity contribution in [2.24, 2.45) is 0 Å². The Labute approximate surface area is 111 Å². The summed E-state index contributed by atoms with van der Waals surface area (Å²) in [6, 6.07) is 9.78. The fraction of sp³-hybridized carbons (Fsp3) is 0.188. The first kappa shape index (κ1) is 13.3. The lowest BCUT2D eigenvalue weighted by Crippen LogP contribution is -2.08. The molecule has 0 radical (unpaired) electrons. The van der Waals surface area contributed by atoms with Crippen LogP contribution in [0.2, 0.25) is 0 Å². The van der Waals surface area contributed by atoms with Crippen LogP contribution in [0.1, 0.15) is 27.0 Å². The van der Waals surface area contributed by atoms with Crippen LogP contribution in [0.25, 0.3) is 0 Å². The highest BCUT2D eigenvalue weighted by atomic mass is 19.1. The van der Waals surface area contributed by atoms with Gasteiger partial charge in [0.1, 0.15) is 11.6 Å². The van der Waals surface area contributed by atoms with Gasteiger partial charge in [-0.05, 0) is 49.2 Å². The molecule has 0 spiro atoms. The number of hydrogen-bond acceptors (Lipinski definition) is 2. The summed E-state index contributed by atoms with van der Waals surface area (Å²) in [6.07, 6.45) is 0. The lowest BCUT2D eigenvalue weighted by molar-refractivity contribution is 0.103. The summed E-state index contributed by atoms with van der Waals surface area (Å²) in [5, 5.41) is 0. The number of rotatable bonds is 3. The van der Waals surface area contributed by atoms with E-state index in [2.05, 4.69) is 0 Å². The van der Waals surface area contributed by atoms with Gasteiger partial charge in [0.25, 0.3) is 0 Å². The molecule has 0 aliphatic heterocycles. The minimum atomic E-state index is -0.327. The summed E-state index contributed by atoms with van der Waals surface area (Å²) in [5.74, 6) is 0.0506. The Hall–Kier alpha value is -2.16. The molecule has 0 atom stereocenters. The molecule has 0 aliphatic rings. The second kappa shape index (κ2) is 5.22. The molecule has 98 valence electrons. The van der Waals surface area contributed by atoms with Gasteiger partial charge in [0.05, 0.1) is 12.7 Å². The molecule has 0 heterocycles. The average molecular weight is 258 g/mol. The van der Waals surface area contributed by atoms with Crippen molar-refractivity contribution in [1.82, 2.24) is 0 Å². The molecule has 0 fully saturated rings. The van der Waals surface area contributed by atoms with Crippen LogP contribution in [-0.2, 0) is 0 Å². The van der Waals surface area contributed by atoms with Crippen LogP contribution in [0, 0.1) is 19.7 Å². The van der Waals surface area contributed by atoms with E-state index in [-0.39, 0.29) is 11.6 Å². The Balaban J connectivity index is 2.57. The Bertz CT molecular complexity index is 609. The SMILES string of the molecule is COc1ccccc1C(=O)c1c(C)cc(F)cc1C. The molecule has 0 aromatic heterocycles. The molecular weight excluding hydrogens is 243 g/mol. The van der Waals surface area contributed by atoms with E-state index in [0.29, 0.717) is 28.0 Å². The van der Waals surface area contributed by atoms with Gasteiger partial charge in [-0.25, -0.2) is 4.39 Å². The molecule has 0 saturated carbocycles. The molecule has 0 amide bonds. The maximum absolute atomic E-state index is 13.3. The maximum Gasteiger partial charge on any atom is 0.197 e. The van der Waals surface area contributed by atoms with Gasteiger partial charge in [-0.15, -0.1) is 0 Å². The van der Waals surface area contributed by atoms with Crippen molar-refractivity contribution < 1.29 is 13.9 Å². The van der Waals surface area contributed by atoms with E-state index in [1.165, 1.54) is 19.2 Å². The Morgan fingerprint density at radius 3 is 2.26 bits per heavy atom. The first-order valence-corrected chi connectivity index (χ1v) is 5.99. The van der Waals surface area contributed by atoms with Crippen molar-refractivity contribution in [1.29, 1.82) is 0 Å². The fourth-order valence-corrected chi connectivity index (χ4v) is 2.24. The van der Waals surface area contributed by atoms with Crippen molar-refractivity contribution in [3.8, 4) is 5.75 Å². The van der Waals surface area contributed by atoms with Gasteiger partial charge < -0.3 is 4.74 Å². The first-order valence-electron chi connectivity index (χ1n) is 5.99. The zero-order valence-electron chi connectivity index (χ0n) is 11.2. The predicted molar refractivity (Wildman–Crippen MR) is 72.3 cm³/mol. The minimum Gasteiger partial charge on any atom is -0.496 e. The number of aryl methyl sites for hydroxylation is 2. The van der Waals surface area contributed by atoms with E-state index in [1.807, 2.05) is 0 Å². The summed E-state index contributed by atoms with van der Waals surface area (Å²) in [5.41, 5.74) is 2.29. The molecule has 2 aromatic rings. The second-order valence-electron chi connectivity index (χ2n) is 4.44. The Kier molecular flexibility index (Phi) is 3.65. The molecule has 2 aromatic carbocycles. The van der Waals surface area contributed by atoms with Crippen LogP contribution < -0.4 is 4.74 Å². The van der Waals surface area contributed by atoms with Crippen LogP contribution >= 0.6 is 0 Å². The number of benzene rings is 2. The molecule has 0 bridgehead atoms. The minimum absolute atomic E-state index is 0.146. The van der Waals surface area contributed by atoms with Gasteiger partial charge in [-0.3, -0.25) is 4.79 Å². The lowest BCUT2D eigenvalue weighted by Gasteiger charge is -2.11. The van der Waals surface area contributed by atoms with Crippen LogP contribution in [-0.4, -0.2) is 12.9 Å². The summed E-state index contributed by atoms with van der Waals surface area (Å²) < 4.78 is 18.5. The summed E-state index contributed by atoms with van der Waals surface area (Å²) in [6.45, 7) is 3.47. The van der Waals surface area contributed by atoms with E-state index < -0.39 is 0 Å². The number of methoxy groups -OCH3 is 1. The van der Waals surface area contributed by atoms with Gasteiger partial charge in [-0.2, -0.15) is 0 Å². The lowest BCUT2D eigenvalue weighted by atomic mass is 9.94. The van der Waals surface area contributed by atoms with E-state index in [0.717, 1.165) is 0 Å². The molecule has 0 unspecified atom stereocenters. The molecule has 3 heteroatoms. The van der Waals surface area contributed by atoms with Crippen molar-refractivity contribution in [2.75, 3.05) is 7.11 Å². The fourth-order valence-electron chi connectivity index (χ4n) is 2.24. The van der Waals surface area contributed by atoms with Gasteiger partial charge in [0.15, 0.2) is 5.78 Å². The smallest absolute Gasteiger partial charge is 0.197 e. The van der Waals surface area contributed by atoms with Crippen molar-refractivity contribution in [3.05, 3.63) is 64.5 Å². The monoisotopic (exact) mass is 258 g/mol. The summed E-state index contributed by atoms with van der Waals surface area (Å²) >= 11 is 0. The second-order valence-corrected chi connectivity index (χ2v) is 4.44. The first-order chi connectivity index (χ1) is 9.04. The zero-order valence-corrected chi connectivity index (χ0v) is 11.2. The number of halogens is 1. The van der Waals surface area contributed by atoms with E-state index >= 15 is 0 Å². The van der Waals surface area contributed by atoms with Gasteiger partial charge in [0, 0.05) is 5.56 Å². The third-order valence-electron chi connectivity index (χ3n) is 3.08. The van der Waals surface area contributed by atoms with E-state index in [4.69, 9.17) is 4.74 Å². The standard InChI is InChI=1S/C16H15FO2/c1-10-8-12(17)9-11(2)15(10)16(18)13-6-4-5-7-14(13)19-3/h4-9H,1-3H3. The largest absolute Gasteiger partial charge is 0.496 e. The normalized spacial score (nSPS) is 10.3. The third kappa shape index (κ3) is 2.50. The molecule has 2 rings (SSSR count). The van der Waals surface area contributed by atoms with Crippen LogP contribution in [0.15, 0.2) is 36.4 Å². The van der Waals surface area contributed by atoms with Gasteiger partial charge >= 0.3 is 0 Å². The zero-order chi connectivity index (χ0) is 14.0. The molecular formula is C16H15FO2. The summed E-state index contributed by atoms with van der Waals surface area (Å²) in [7, 11) is 1.52.